The lowest BCUT2D eigenvalue weighted by Gasteiger charge is -2.27. The Morgan fingerprint density at radius 3 is 1.85 bits per heavy atom. The van der Waals surface area contributed by atoms with E-state index in [-0.39, 0.29) is 11.8 Å². The fourth-order valence-corrected chi connectivity index (χ4v) is 2.35. The highest BCUT2D eigenvalue weighted by Gasteiger charge is 2.33. The largest absolute Gasteiger partial charge is 0.481 e. The van der Waals surface area contributed by atoms with Crippen LogP contribution in [-0.4, -0.2) is 52.6 Å². The quantitative estimate of drug-likeness (QED) is 0.345. The second kappa shape index (κ2) is 11.4. The molecule has 0 aliphatic carbocycles. The van der Waals surface area contributed by atoms with Gasteiger partial charge in [-0.15, -0.1) is 0 Å². The second-order valence-corrected chi connectivity index (χ2v) is 6.86. The Bertz CT molecular complexity index is 577. The summed E-state index contributed by atoms with van der Waals surface area (Å²) in [6, 6.07) is -3.30. The molecule has 0 fully saturated rings. The van der Waals surface area contributed by atoms with Crippen molar-refractivity contribution in [3.63, 3.8) is 0 Å². The molecule has 154 valence electrons. The summed E-state index contributed by atoms with van der Waals surface area (Å²) in [4.78, 5) is 59.1. The number of hydrogen-bond donors (Lipinski definition) is 4. The van der Waals surface area contributed by atoms with E-state index in [4.69, 9.17) is 10.8 Å². The van der Waals surface area contributed by atoms with E-state index < -0.39 is 53.9 Å². The molecule has 0 aromatic heterocycles. The number of Topliss-reactive ketones (excluding diaryl/α,β-unsaturated/α-hetero) is 2. The summed E-state index contributed by atoms with van der Waals surface area (Å²) in [5, 5.41) is 13.8. The molecule has 5 N–H and O–H groups in total. The molecule has 2 unspecified atom stereocenters. The van der Waals surface area contributed by atoms with Crippen molar-refractivity contribution >= 4 is 29.4 Å². The molecule has 2 amide bonds. The highest BCUT2D eigenvalue weighted by molar-refractivity contribution is 6.38. The maximum absolute atomic E-state index is 12.6. The van der Waals surface area contributed by atoms with E-state index in [1.807, 2.05) is 20.8 Å². The molecule has 0 heterocycles. The Morgan fingerprint density at radius 1 is 0.926 bits per heavy atom. The standard InChI is InChI=1S/C18H31N3O6/c1-6-9(3)14(19)17(26)21-15(10(4)7-2)18(27)20-12(8-13(23)24)16(25)11(5)22/h9-10,12,14-15H,6-8,19H2,1-5H3,(H,20,27)(H,21,26)(H,23,24)/t9-,10-,12-,14?,15?/m0/s1. The molecule has 5 atom stereocenters. The van der Waals surface area contributed by atoms with Crippen molar-refractivity contribution in [2.45, 2.75) is 72.0 Å². The third-order valence-electron chi connectivity index (χ3n) is 4.71. The number of rotatable bonds is 12. The van der Waals surface area contributed by atoms with Gasteiger partial charge in [-0.25, -0.2) is 0 Å². The summed E-state index contributed by atoms with van der Waals surface area (Å²) in [5.74, 6) is -4.81. The van der Waals surface area contributed by atoms with Crippen LogP contribution in [0.3, 0.4) is 0 Å². The number of hydrogen-bond acceptors (Lipinski definition) is 6. The number of nitrogens with one attached hydrogen (secondary N) is 2. The first kappa shape index (κ1) is 24.7. The third-order valence-corrected chi connectivity index (χ3v) is 4.71. The Labute approximate surface area is 159 Å². The first-order valence-electron chi connectivity index (χ1n) is 9.08. The summed E-state index contributed by atoms with van der Waals surface area (Å²) < 4.78 is 0. The van der Waals surface area contributed by atoms with Gasteiger partial charge in [-0.05, 0) is 11.8 Å². The number of carboxylic acid groups (broad SMARTS) is 1. The van der Waals surface area contributed by atoms with Crippen LogP contribution >= 0.6 is 0 Å². The third kappa shape index (κ3) is 7.86. The highest BCUT2D eigenvalue weighted by atomic mass is 16.4. The molecular formula is C18H31N3O6. The number of carbonyl (C=O) groups is 5. The van der Waals surface area contributed by atoms with Crippen molar-refractivity contribution in [1.82, 2.24) is 10.6 Å². The molecule has 0 aliphatic heterocycles. The average Bonchev–Trinajstić information content (AvgIpc) is 2.61. The number of carbonyl (C=O) groups excluding carboxylic acids is 4. The molecular weight excluding hydrogens is 354 g/mol. The van der Waals surface area contributed by atoms with Crippen LogP contribution in [0.2, 0.25) is 0 Å². The van der Waals surface area contributed by atoms with Gasteiger partial charge in [0.15, 0.2) is 5.78 Å². The predicted molar refractivity (Wildman–Crippen MR) is 98.7 cm³/mol. The van der Waals surface area contributed by atoms with Gasteiger partial charge >= 0.3 is 5.97 Å². The maximum atomic E-state index is 12.6. The van der Waals surface area contributed by atoms with Gasteiger partial charge in [0, 0.05) is 6.92 Å². The smallest absolute Gasteiger partial charge is 0.305 e. The van der Waals surface area contributed by atoms with Crippen molar-refractivity contribution in [1.29, 1.82) is 0 Å². The summed E-state index contributed by atoms with van der Waals surface area (Å²) in [5.41, 5.74) is 5.90. The van der Waals surface area contributed by atoms with Crippen molar-refractivity contribution < 1.29 is 29.1 Å². The lowest BCUT2D eigenvalue weighted by Crippen LogP contribution is -2.58. The van der Waals surface area contributed by atoms with Crippen LogP contribution in [0.25, 0.3) is 0 Å². The van der Waals surface area contributed by atoms with Crippen LogP contribution in [-0.2, 0) is 24.0 Å². The number of nitrogens with two attached hydrogens (primary N) is 1. The Morgan fingerprint density at radius 2 is 1.44 bits per heavy atom. The summed E-state index contributed by atoms with van der Waals surface area (Å²) in [6.07, 6.45) is 0.501. The van der Waals surface area contributed by atoms with Crippen molar-refractivity contribution in [2.75, 3.05) is 0 Å². The van der Waals surface area contributed by atoms with Crippen LogP contribution in [0.15, 0.2) is 0 Å². The normalized spacial score (nSPS) is 16.4. The van der Waals surface area contributed by atoms with E-state index in [1.54, 1.807) is 6.92 Å². The average molecular weight is 385 g/mol. The first-order valence-corrected chi connectivity index (χ1v) is 9.08. The van der Waals surface area contributed by atoms with Gasteiger partial charge in [0.1, 0.15) is 12.1 Å². The Balaban J connectivity index is 5.40. The number of aliphatic carboxylic acids is 1. The Hall–Kier alpha value is -2.29. The van der Waals surface area contributed by atoms with E-state index in [0.29, 0.717) is 12.8 Å². The zero-order valence-corrected chi connectivity index (χ0v) is 16.6. The van der Waals surface area contributed by atoms with E-state index in [2.05, 4.69) is 10.6 Å². The van der Waals surface area contributed by atoms with Crippen LogP contribution in [0, 0.1) is 11.8 Å². The van der Waals surface area contributed by atoms with Crippen LogP contribution < -0.4 is 16.4 Å². The molecule has 0 saturated heterocycles. The molecule has 0 radical (unpaired) electrons. The molecule has 9 nitrogen and oxygen atoms in total. The summed E-state index contributed by atoms with van der Waals surface area (Å²) >= 11 is 0. The molecule has 27 heavy (non-hydrogen) atoms. The minimum Gasteiger partial charge on any atom is -0.481 e. The van der Waals surface area contributed by atoms with Gasteiger partial charge in [-0.2, -0.15) is 0 Å². The predicted octanol–water partition coefficient (Wildman–Crippen LogP) is 0.00830. The van der Waals surface area contributed by atoms with Crippen LogP contribution in [0.1, 0.15) is 53.9 Å². The number of ketones is 2. The van der Waals surface area contributed by atoms with Crippen LogP contribution in [0.4, 0.5) is 0 Å². The van der Waals surface area contributed by atoms with Gasteiger partial charge in [0.25, 0.3) is 0 Å². The SMILES string of the molecule is CC[C@H](C)C(N)C(=O)NC(C(=O)N[C@@H](CC(=O)O)C(=O)C(C)=O)[C@@H](C)CC. The lowest BCUT2D eigenvalue weighted by molar-refractivity contribution is -0.143. The molecule has 0 aliphatic rings. The highest BCUT2D eigenvalue weighted by Crippen LogP contribution is 2.11. The van der Waals surface area contributed by atoms with E-state index in [0.717, 1.165) is 6.92 Å². The molecule has 0 rings (SSSR count). The maximum Gasteiger partial charge on any atom is 0.305 e. The van der Waals surface area contributed by atoms with Gasteiger partial charge in [-0.1, -0.05) is 40.5 Å². The molecule has 9 heteroatoms. The van der Waals surface area contributed by atoms with Crippen molar-refractivity contribution in [3.05, 3.63) is 0 Å². The Kier molecular flexibility index (Phi) is 10.5. The first-order chi connectivity index (χ1) is 12.5. The molecule has 0 spiro atoms. The van der Waals surface area contributed by atoms with Gasteiger partial charge in [0.2, 0.25) is 17.6 Å². The minimum atomic E-state index is -1.49. The van der Waals surface area contributed by atoms with Gasteiger partial charge in [-0.3, -0.25) is 24.0 Å². The molecule has 0 aromatic rings. The van der Waals surface area contributed by atoms with Crippen LogP contribution in [0.5, 0.6) is 0 Å². The van der Waals surface area contributed by atoms with Gasteiger partial charge in [0.05, 0.1) is 12.5 Å². The topological polar surface area (TPSA) is 156 Å². The second-order valence-electron chi connectivity index (χ2n) is 6.86. The number of carboxylic acids is 1. The van der Waals surface area contributed by atoms with E-state index in [1.165, 1.54) is 0 Å². The zero-order chi connectivity index (χ0) is 21.3. The van der Waals surface area contributed by atoms with E-state index >= 15 is 0 Å². The summed E-state index contributed by atoms with van der Waals surface area (Å²) in [6.45, 7) is 8.26. The van der Waals surface area contributed by atoms with E-state index in [9.17, 15) is 24.0 Å². The molecule has 0 saturated carbocycles. The fourth-order valence-electron chi connectivity index (χ4n) is 2.35. The number of amides is 2. The fraction of sp³-hybridized carbons (Fsp3) is 0.722. The van der Waals surface area contributed by atoms with Gasteiger partial charge < -0.3 is 21.5 Å². The zero-order valence-electron chi connectivity index (χ0n) is 16.6. The summed E-state index contributed by atoms with van der Waals surface area (Å²) in [7, 11) is 0. The molecule has 0 bridgehead atoms. The lowest BCUT2D eigenvalue weighted by atomic mass is 9.95. The molecule has 0 aromatic carbocycles. The van der Waals surface area contributed by atoms with Crippen molar-refractivity contribution in [2.24, 2.45) is 17.6 Å². The monoisotopic (exact) mass is 385 g/mol. The minimum absolute atomic E-state index is 0.0929. The van der Waals surface area contributed by atoms with Crippen molar-refractivity contribution in [3.8, 4) is 0 Å².